The summed E-state index contributed by atoms with van der Waals surface area (Å²) in [5, 5.41) is 10.9. The third-order valence-corrected chi connectivity index (χ3v) is 7.07. The van der Waals surface area contributed by atoms with Crippen LogP contribution in [0.1, 0.15) is 33.0 Å². The van der Waals surface area contributed by atoms with Gasteiger partial charge in [-0.2, -0.15) is 0 Å². The average Bonchev–Trinajstić information content (AvgIpc) is 3.42. The largest absolute Gasteiger partial charge is 0.455 e. The van der Waals surface area contributed by atoms with E-state index in [4.69, 9.17) is 4.42 Å². The molecule has 0 radical (unpaired) electrons. The number of nitrogens with zero attached hydrogens (tertiary/aromatic N) is 4. The van der Waals surface area contributed by atoms with E-state index in [1.54, 1.807) is 29.2 Å². The van der Waals surface area contributed by atoms with Gasteiger partial charge in [0.15, 0.2) is 5.76 Å². The summed E-state index contributed by atoms with van der Waals surface area (Å²) < 4.78 is 19.9. The fourth-order valence-corrected chi connectivity index (χ4v) is 4.92. The highest BCUT2D eigenvalue weighted by atomic mass is 19.1. The number of carbonyl (C=O) groups excluding carboxylic acids is 1. The van der Waals surface area contributed by atoms with Crippen LogP contribution >= 0.6 is 0 Å². The first-order valence-corrected chi connectivity index (χ1v) is 13.2. The van der Waals surface area contributed by atoms with Crippen LogP contribution in [-0.4, -0.2) is 46.8 Å². The molecule has 1 saturated heterocycles. The molecule has 3 aromatic carbocycles. The summed E-state index contributed by atoms with van der Waals surface area (Å²) in [5.41, 5.74) is 4.13. The first-order chi connectivity index (χ1) is 19.3. The molecular formula is C31H31FN4O4. The van der Waals surface area contributed by atoms with Crippen molar-refractivity contribution in [3.8, 4) is 0 Å². The number of benzene rings is 3. The maximum absolute atomic E-state index is 13.8. The number of non-ortho nitro benzene ring substituents is 1. The van der Waals surface area contributed by atoms with Gasteiger partial charge in [0.05, 0.1) is 11.5 Å². The molecule has 206 valence electrons. The maximum atomic E-state index is 13.8. The van der Waals surface area contributed by atoms with Gasteiger partial charge < -0.3 is 14.2 Å². The van der Waals surface area contributed by atoms with Crippen LogP contribution in [0.4, 0.5) is 15.8 Å². The van der Waals surface area contributed by atoms with Gasteiger partial charge in [0.25, 0.3) is 11.6 Å². The first-order valence-electron chi connectivity index (χ1n) is 13.2. The number of rotatable bonds is 9. The number of carbonyl (C=O) groups is 1. The molecule has 9 heteroatoms. The Morgan fingerprint density at radius 1 is 0.900 bits per heavy atom. The van der Waals surface area contributed by atoms with Crippen molar-refractivity contribution >= 4 is 17.3 Å². The fraction of sp³-hybridized carbons (Fsp3) is 0.258. The van der Waals surface area contributed by atoms with Gasteiger partial charge in [0.1, 0.15) is 11.6 Å². The molecule has 0 unspecified atom stereocenters. The number of amides is 1. The SMILES string of the molecule is Cc1ccc(CN(Cc2cccc(F)c2)Cc2ccc(C(=O)N3CCN(c4ccc([N+](=O)[O-])cc4)CC3)o2)cc1. The quantitative estimate of drug-likeness (QED) is 0.196. The standard InChI is InChI=1S/C31H31FN4O4/c1-23-5-7-24(8-6-23)20-33(21-25-3-2-4-26(32)19-25)22-29-13-14-30(40-29)31(37)35-17-15-34(16-18-35)27-9-11-28(12-10-27)36(38)39/h2-14,19H,15-18,20-22H2,1H3. The second kappa shape index (κ2) is 12.1. The van der Waals surface area contributed by atoms with E-state index in [0.29, 0.717) is 57.3 Å². The van der Waals surface area contributed by atoms with Gasteiger partial charge in [-0.15, -0.1) is 0 Å². The van der Waals surface area contributed by atoms with Crippen molar-refractivity contribution in [3.05, 3.63) is 129 Å². The lowest BCUT2D eigenvalue weighted by Crippen LogP contribution is -2.48. The van der Waals surface area contributed by atoms with Gasteiger partial charge in [0, 0.05) is 57.1 Å². The maximum Gasteiger partial charge on any atom is 0.289 e. The molecular weight excluding hydrogens is 511 g/mol. The number of hydrogen-bond acceptors (Lipinski definition) is 6. The Kier molecular flexibility index (Phi) is 8.21. The number of halogens is 1. The summed E-state index contributed by atoms with van der Waals surface area (Å²) >= 11 is 0. The van der Waals surface area contributed by atoms with Gasteiger partial charge >= 0.3 is 0 Å². The van der Waals surface area contributed by atoms with E-state index in [1.807, 2.05) is 19.1 Å². The third-order valence-electron chi connectivity index (χ3n) is 7.07. The van der Waals surface area contributed by atoms with Crippen molar-refractivity contribution in [3.63, 3.8) is 0 Å². The van der Waals surface area contributed by atoms with Crippen molar-refractivity contribution in [2.75, 3.05) is 31.1 Å². The van der Waals surface area contributed by atoms with Gasteiger partial charge in [-0.25, -0.2) is 4.39 Å². The topological polar surface area (TPSA) is 83.1 Å². The number of nitro benzene ring substituents is 1. The number of piperazine rings is 1. The van der Waals surface area contributed by atoms with E-state index < -0.39 is 4.92 Å². The van der Waals surface area contributed by atoms with Gasteiger partial charge in [-0.3, -0.25) is 19.8 Å². The predicted octanol–water partition coefficient (Wildman–Crippen LogP) is 5.80. The van der Waals surface area contributed by atoms with Crippen LogP contribution in [0.5, 0.6) is 0 Å². The summed E-state index contributed by atoms with van der Waals surface area (Å²) in [6.45, 7) is 5.96. The fourth-order valence-electron chi connectivity index (χ4n) is 4.92. The molecule has 0 aliphatic carbocycles. The molecule has 2 heterocycles. The highest BCUT2D eigenvalue weighted by Crippen LogP contribution is 2.22. The summed E-state index contributed by atoms with van der Waals surface area (Å²) in [6.07, 6.45) is 0. The Morgan fingerprint density at radius 3 is 2.27 bits per heavy atom. The molecule has 0 atom stereocenters. The zero-order valence-electron chi connectivity index (χ0n) is 22.3. The monoisotopic (exact) mass is 542 g/mol. The first kappa shape index (κ1) is 27.1. The molecule has 0 bridgehead atoms. The summed E-state index contributed by atoms with van der Waals surface area (Å²) in [5.74, 6) is 0.522. The molecule has 1 amide bonds. The molecule has 8 nitrogen and oxygen atoms in total. The Morgan fingerprint density at radius 2 is 1.60 bits per heavy atom. The van der Waals surface area contributed by atoms with Crippen LogP contribution in [0.25, 0.3) is 0 Å². The molecule has 0 N–H and O–H groups in total. The highest BCUT2D eigenvalue weighted by Gasteiger charge is 2.25. The Hall–Kier alpha value is -4.50. The summed E-state index contributed by atoms with van der Waals surface area (Å²) in [4.78, 5) is 29.7. The van der Waals surface area contributed by atoms with Crippen LogP contribution in [0.2, 0.25) is 0 Å². The second-order valence-electron chi connectivity index (χ2n) is 10.1. The van der Waals surface area contributed by atoms with E-state index in [0.717, 1.165) is 16.8 Å². The molecule has 1 aliphatic heterocycles. The Balaban J connectivity index is 1.22. The van der Waals surface area contributed by atoms with Crippen molar-refractivity contribution in [1.82, 2.24) is 9.80 Å². The van der Waals surface area contributed by atoms with E-state index in [9.17, 15) is 19.3 Å². The lowest BCUT2D eigenvalue weighted by Gasteiger charge is -2.35. The number of anilines is 1. The lowest BCUT2D eigenvalue weighted by molar-refractivity contribution is -0.384. The minimum absolute atomic E-state index is 0.0551. The Labute approximate surface area is 232 Å². The normalized spacial score (nSPS) is 13.6. The third kappa shape index (κ3) is 6.73. The minimum atomic E-state index is -0.415. The molecule has 0 spiro atoms. The van der Waals surface area contributed by atoms with Gasteiger partial charge in [-0.05, 0) is 54.4 Å². The number of nitro groups is 1. The average molecular weight is 543 g/mol. The molecule has 1 aliphatic rings. The van der Waals surface area contributed by atoms with Crippen LogP contribution in [0.15, 0.2) is 89.3 Å². The zero-order chi connectivity index (χ0) is 28.1. The molecule has 0 saturated carbocycles. The van der Waals surface area contributed by atoms with E-state index in [2.05, 4.69) is 34.1 Å². The van der Waals surface area contributed by atoms with Crippen molar-refractivity contribution in [1.29, 1.82) is 0 Å². The molecule has 1 aromatic heterocycles. The van der Waals surface area contributed by atoms with Gasteiger partial charge in [0.2, 0.25) is 0 Å². The summed E-state index contributed by atoms with van der Waals surface area (Å²) in [7, 11) is 0. The van der Waals surface area contributed by atoms with Crippen molar-refractivity contribution in [2.45, 2.75) is 26.6 Å². The molecule has 5 rings (SSSR count). The van der Waals surface area contributed by atoms with Crippen LogP contribution in [-0.2, 0) is 19.6 Å². The van der Waals surface area contributed by atoms with E-state index in [1.165, 1.54) is 29.8 Å². The zero-order valence-corrected chi connectivity index (χ0v) is 22.3. The van der Waals surface area contributed by atoms with Crippen molar-refractivity contribution < 1.29 is 18.5 Å². The Bertz CT molecular complexity index is 1460. The number of furan rings is 1. The lowest BCUT2D eigenvalue weighted by atomic mass is 10.1. The van der Waals surface area contributed by atoms with Crippen LogP contribution < -0.4 is 4.90 Å². The van der Waals surface area contributed by atoms with Crippen molar-refractivity contribution in [2.24, 2.45) is 0 Å². The van der Waals surface area contributed by atoms with E-state index in [-0.39, 0.29) is 17.4 Å². The predicted molar refractivity (Wildman–Crippen MR) is 150 cm³/mol. The molecule has 40 heavy (non-hydrogen) atoms. The number of hydrogen-bond donors (Lipinski definition) is 0. The van der Waals surface area contributed by atoms with Crippen LogP contribution in [0, 0.1) is 22.9 Å². The highest BCUT2D eigenvalue weighted by molar-refractivity contribution is 5.91. The smallest absolute Gasteiger partial charge is 0.289 e. The van der Waals surface area contributed by atoms with E-state index >= 15 is 0 Å². The van der Waals surface area contributed by atoms with Crippen LogP contribution in [0.3, 0.4) is 0 Å². The summed E-state index contributed by atoms with van der Waals surface area (Å²) in [6, 6.07) is 24.9. The number of aryl methyl sites for hydroxylation is 1. The minimum Gasteiger partial charge on any atom is -0.455 e. The molecule has 4 aromatic rings. The van der Waals surface area contributed by atoms with Gasteiger partial charge in [-0.1, -0.05) is 42.0 Å². The molecule has 1 fully saturated rings. The second-order valence-corrected chi connectivity index (χ2v) is 10.1.